The molecular weight excluding hydrogens is 342 g/mol. The monoisotopic (exact) mass is 365 g/mol. The zero-order valence-electron chi connectivity index (χ0n) is 15.0. The summed E-state index contributed by atoms with van der Waals surface area (Å²) in [5.41, 5.74) is 2.23. The Balaban J connectivity index is 1.32. The summed E-state index contributed by atoms with van der Waals surface area (Å²) < 4.78 is 0. The quantitative estimate of drug-likeness (QED) is 0.710. The Morgan fingerprint density at radius 2 is 1.85 bits per heavy atom. The van der Waals surface area contributed by atoms with Gasteiger partial charge in [0.1, 0.15) is 0 Å². The molecule has 2 aromatic carbocycles. The molecule has 0 atom stereocenters. The van der Waals surface area contributed by atoms with Crippen molar-refractivity contribution in [3.8, 4) is 0 Å². The number of nitrogens with zero attached hydrogens (tertiary/aromatic N) is 3. The highest BCUT2D eigenvalue weighted by Crippen LogP contribution is 2.17. The molecule has 5 heteroatoms. The van der Waals surface area contributed by atoms with Gasteiger partial charge in [-0.25, -0.2) is 4.98 Å². The molecule has 1 saturated heterocycles. The van der Waals surface area contributed by atoms with Gasteiger partial charge in [0.2, 0.25) is 5.91 Å². The number of rotatable bonds is 4. The molecule has 1 aromatic heterocycles. The van der Waals surface area contributed by atoms with E-state index in [9.17, 15) is 4.79 Å². The Labute approximate surface area is 158 Å². The molecule has 0 aliphatic carbocycles. The van der Waals surface area contributed by atoms with Crippen molar-refractivity contribution in [1.82, 2.24) is 14.8 Å². The second-order valence-corrected chi connectivity index (χ2v) is 7.94. The third-order valence-electron chi connectivity index (χ3n) is 4.95. The van der Waals surface area contributed by atoms with E-state index in [4.69, 9.17) is 0 Å². The number of amides is 1. The Morgan fingerprint density at radius 3 is 2.58 bits per heavy atom. The first kappa shape index (κ1) is 17.2. The van der Waals surface area contributed by atoms with Gasteiger partial charge in [0.15, 0.2) is 0 Å². The van der Waals surface area contributed by atoms with Crippen molar-refractivity contribution in [3.63, 3.8) is 0 Å². The minimum absolute atomic E-state index is 0.226. The molecule has 1 aliphatic rings. The van der Waals surface area contributed by atoms with Crippen LogP contribution in [0.1, 0.15) is 16.3 Å². The van der Waals surface area contributed by atoms with Crippen molar-refractivity contribution >= 4 is 28.0 Å². The molecule has 0 spiro atoms. The maximum Gasteiger partial charge on any atom is 0.227 e. The van der Waals surface area contributed by atoms with Crippen LogP contribution < -0.4 is 0 Å². The van der Waals surface area contributed by atoms with Crippen molar-refractivity contribution < 1.29 is 4.79 Å². The predicted octanol–water partition coefficient (Wildman–Crippen LogP) is 3.49. The van der Waals surface area contributed by atoms with E-state index in [1.807, 2.05) is 24.0 Å². The van der Waals surface area contributed by atoms with Crippen LogP contribution in [0.3, 0.4) is 0 Å². The molecule has 134 valence electrons. The molecule has 4 rings (SSSR count). The summed E-state index contributed by atoms with van der Waals surface area (Å²) >= 11 is 1.70. The number of carbonyl (C=O) groups excluding carboxylic acids is 1. The lowest BCUT2D eigenvalue weighted by molar-refractivity contribution is -0.132. The average molecular weight is 366 g/mol. The van der Waals surface area contributed by atoms with E-state index < -0.39 is 0 Å². The topological polar surface area (TPSA) is 36.4 Å². The summed E-state index contributed by atoms with van der Waals surface area (Å²) in [5.74, 6) is 0.226. The molecule has 3 aromatic rings. The van der Waals surface area contributed by atoms with E-state index in [1.54, 1.807) is 11.3 Å². The first-order valence-electron chi connectivity index (χ1n) is 9.06. The SMILES string of the molecule is Cc1nc(CN2CCN(C(=O)Cc3ccc4ccccc4c3)CC2)cs1. The van der Waals surface area contributed by atoms with Crippen molar-refractivity contribution in [2.75, 3.05) is 26.2 Å². The zero-order chi connectivity index (χ0) is 17.9. The lowest BCUT2D eigenvalue weighted by atomic mass is 10.0. The molecular formula is C21H23N3OS. The van der Waals surface area contributed by atoms with Gasteiger partial charge >= 0.3 is 0 Å². The minimum atomic E-state index is 0.226. The smallest absolute Gasteiger partial charge is 0.227 e. The van der Waals surface area contributed by atoms with Gasteiger partial charge in [-0.15, -0.1) is 11.3 Å². The van der Waals surface area contributed by atoms with Crippen LogP contribution in [0.5, 0.6) is 0 Å². The predicted molar refractivity (Wildman–Crippen MR) is 106 cm³/mol. The second kappa shape index (κ2) is 7.56. The van der Waals surface area contributed by atoms with Crippen LogP contribution in [0, 0.1) is 6.92 Å². The molecule has 1 aliphatic heterocycles. The van der Waals surface area contributed by atoms with Crippen molar-refractivity contribution in [3.05, 3.63) is 64.1 Å². The number of carbonyl (C=O) groups is 1. The molecule has 0 saturated carbocycles. The highest BCUT2D eigenvalue weighted by Gasteiger charge is 2.21. The van der Waals surface area contributed by atoms with Crippen LogP contribution >= 0.6 is 11.3 Å². The van der Waals surface area contributed by atoms with E-state index in [1.165, 1.54) is 10.8 Å². The largest absolute Gasteiger partial charge is 0.340 e. The lowest BCUT2D eigenvalue weighted by Gasteiger charge is -2.34. The summed E-state index contributed by atoms with van der Waals surface area (Å²) in [6.07, 6.45) is 0.482. The molecule has 0 bridgehead atoms. The van der Waals surface area contributed by atoms with Crippen LogP contribution in [0.15, 0.2) is 47.8 Å². The van der Waals surface area contributed by atoms with Gasteiger partial charge in [0, 0.05) is 38.1 Å². The average Bonchev–Trinajstić information content (AvgIpc) is 3.07. The van der Waals surface area contributed by atoms with Gasteiger partial charge in [-0.1, -0.05) is 42.5 Å². The summed E-state index contributed by atoms with van der Waals surface area (Å²) in [6, 6.07) is 14.6. The van der Waals surface area contributed by atoms with Crippen LogP contribution in [-0.2, 0) is 17.8 Å². The lowest BCUT2D eigenvalue weighted by Crippen LogP contribution is -2.48. The van der Waals surface area contributed by atoms with E-state index in [2.05, 4.69) is 45.6 Å². The zero-order valence-corrected chi connectivity index (χ0v) is 15.8. The summed E-state index contributed by atoms with van der Waals surface area (Å²) in [5, 5.41) is 5.66. The number of fused-ring (bicyclic) bond motifs is 1. The first-order chi connectivity index (χ1) is 12.7. The van der Waals surface area contributed by atoms with Crippen LogP contribution in [-0.4, -0.2) is 46.9 Å². The van der Waals surface area contributed by atoms with Gasteiger partial charge in [-0.05, 0) is 23.3 Å². The minimum Gasteiger partial charge on any atom is -0.340 e. The number of piperazine rings is 1. The molecule has 4 nitrogen and oxygen atoms in total. The van der Waals surface area contributed by atoms with Gasteiger partial charge in [0.25, 0.3) is 0 Å². The van der Waals surface area contributed by atoms with E-state index >= 15 is 0 Å². The fourth-order valence-corrected chi connectivity index (χ4v) is 4.10. The molecule has 0 unspecified atom stereocenters. The molecule has 1 amide bonds. The van der Waals surface area contributed by atoms with Gasteiger partial charge in [0.05, 0.1) is 17.1 Å². The number of benzene rings is 2. The molecule has 2 heterocycles. The number of hydrogen-bond acceptors (Lipinski definition) is 4. The normalized spacial score (nSPS) is 15.5. The number of aryl methyl sites for hydroxylation is 1. The summed E-state index contributed by atoms with van der Waals surface area (Å²) in [4.78, 5) is 21.6. The first-order valence-corrected chi connectivity index (χ1v) is 9.94. The Morgan fingerprint density at radius 1 is 1.08 bits per heavy atom. The van der Waals surface area contributed by atoms with Gasteiger partial charge < -0.3 is 4.90 Å². The van der Waals surface area contributed by atoms with Crippen molar-refractivity contribution in [2.45, 2.75) is 19.9 Å². The number of thiazole rings is 1. The molecule has 0 N–H and O–H groups in total. The van der Waals surface area contributed by atoms with Crippen molar-refractivity contribution in [1.29, 1.82) is 0 Å². The Bertz CT molecular complexity index is 912. The summed E-state index contributed by atoms with van der Waals surface area (Å²) in [6.45, 7) is 6.36. The summed E-state index contributed by atoms with van der Waals surface area (Å²) in [7, 11) is 0. The highest BCUT2D eigenvalue weighted by molar-refractivity contribution is 7.09. The maximum absolute atomic E-state index is 12.7. The number of hydrogen-bond donors (Lipinski definition) is 0. The second-order valence-electron chi connectivity index (χ2n) is 6.87. The van der Waals surface area contributed by atoms with E-state index in [0.717, 1.165) is 49.0 Å². The fraction of sp³-hybridized carbons (Fsp3) is 0.333. The Kier molecular flexibility index (Phi) is 5.00. The third-order valence-corrected chi connectivity index (χ3v) is 5.77. The highest BCUT2D eigenvalue weighted by atomic mass is 32.1. The standard InChI is InChI=1S/C21H23N3OS/c1-16-22-20(15-26-16)14-23-8-10-24(11-9-23)21(25)13-17-6-7-18-4-2-3-5-19(18)12-17/h2-7,12,15H,8-11,13-14H2,1H3. The van der Waals surface area contributed by atoms with Gasteiger partial charge in [-0.3, -0.25) is 9.69 Å². The molecule has 1 fully saturated rings. The van der Waals surface area contributed by atoms with Crippen LogP contribution in [0.4, 0.5) is 0 Å². The maximum atomic E-state index is 12.7. The van der Waals surface area contributed by atoms with Crippen molar-refractivity contribution in [2.24, 2.45) is 0 Å². The van der Waals surface area contributed by atoms with Crippen LogP contribution in [0.25, 0.3) is 10.8 Å². The molecule has 0 radical (unpaired) electrons. The Hall–Kier alpha value is -2.24. The third kappa shape index (κ3) is 3.94. The molecule has 26 heavy (non-hydrogen) atoms. The van der Waals surface area contributed by atoms with E-state index in [0.29, 0.717) is 6.42 Å². The number of aromatic nitrogens is 1. The van der Waals surface area contributed by atoms with Gasteiger partial charge in [-0.2, -0.15) is 0 Å². The van der Waals surface area contributed by atoms with E-state index in [-0.39, 0.29) is 5.91 Å². The fourth-order valence-electron chi connectivity index (χ4n) is 3.50. The van der Waals surface area contributed by atoms with Crippen LogP contribution in [0.2, 0.25) is 0 Å².